The second kappa shape index (κ2) is 35.3. The largest absolute Gasteiger partial charge is 1.00 e. The molecule has 3 spiro atoms. The van der Waals surface area contributed by atoms with Crippen LogP contribution >= 0.6 is 15.9 Å². The molecule has 3 aromatic heterocycles. The van der Waals surface area contributed by atoms with Gasteiger partial charge >= 0.3 is 48.1 Å². The number of imidazole rings is 3. The van der Waals surface area contributed by atoms with Gasteiger partial charge < -0.3 is 46.2 Å². The molecule has 9 aromatic rings. The summed E-state index contributed by atoms with van der Waals surface area (Å²) in [7, 11) is 0. The van der Waals surface area contributed by atoms with Gasteiger partial charge in [0.2, 0.25) is 17.7 Å². The zero-order valence-corrected chi connectivity index (χ0v) is 65.8. The maximum absolute atomic E-state index is 13.6. The van der Waals surface area contributed by atoms with Crippen molar-refractivity contribution in [2.24, 2.45) is 15.0 Å². The number of aromatic nitrogens is 6. The van der Waals surface area contributed by atoms with Crippen LogP contribution < -0.4 is 50.8 Å². The first-order chi connectivity index (χ1) is 53.4. The number of nitrogens with one attached hydrogen (secondary N) is 4. The van der Waals surface area contributed by atoms with E-state index in [2.05, 4.69) is 52.1 Å². The molecule has 6 amide bonds. The molecule has 6 aromatic carbocycles. The summed E-state index contributed by atoms with van der Waals surface area (Å²) in [5.74, 6) is -2.28. The Morgan fingerprint density at radius 1 is 0.469 bits per heavy atom. The van der Waals surface area contributed by atoms with Crippen LogP contribution in [0.3, 0.4) is 0 Å². The van der Waals surface area contributed by atoms with Crippen molar-refractivity contribution in [1.29, 1.82) is 0 Å². The smallest absolute Gasteiger partial charge is 1.00 e. The van der Waals surface area contributed by atoms with Crippen molar-refractivity contribution < 1.29 is 99.3 Å². The van der Waals surface area contributed by atoms with E-state index in [0.29, 0.717) is 53.9 Å². The third-order valence-electron chi connectivity index (χ3n) is 20.1. The monoisotopic (exact) mass is 1630 g/mol. The van der Waals surface area contributed by atoms with E-state index in [1.54, 1.807) is 25.2 Å². The van der Waals surface area contributed by atoms with Crippen molar-refractivity contribution in [2.45, 2.75) is 153 Å². The summed E-state index contributed by atoms with van der Waals surface area (Å²) in [4.78, 5) is 106. The summed E-state index contributed by atoms with van der Waals surface area (Å²) in [6.45, 7) is 5.22. The number of hydrogen-bond acceptors (Lipinski definition) is 12. The molecule has 4 N–H and O–H groups in total. The molecule has 113 heavy (non-hydrogen) atoms. The van der Waals surface area contributed by atoms with Crippen molar-refractivity contribution in [1.82, 2.24) is 43.8 Å². The number of aliphatic imine (C=N–C) groups is 3. The van der Waals surface area contributed by atoms with Gasteiger partial charge in [-0.15, -0.1) is 0 Å². The van der Waals surface area contributed by atoms with Crippen LogP contribution in [0, 0.1) is 20.8 Å². The van der Waals surface area contributed by atoms with E-state index >= 15 is 0 Å². The minimum atomic E-state index is -4.52. The number of benzene rings is 6. The van der Waals surface area contributed by atoms with E-state index in [0.717, 1.165) is 140 Å². The quantitative estimate of drug-likeness (QED) is 0.0458. The maximum atomic E-state index is 13.6. The topological polar surface area (TPSA) is 248 Å². The maximum Gasteiger partial charge on any atom is 1.00 e. The third kappa shape index (κ3) is 20.2. The normalized spacial score (nSPS) is 16.8. The fourth-order valence-electron chi connectivity index (χ4n) is 14.5. The van der Waals surface area contributed by atoms with Crippen molar-refractivity contribution in [3.63, 3.8) is 0 Å². The number of nitrogens with zero attached hydrogens (tertiary/aromatic N) is 11. The van der Waals surface area contributed by atoms with Crippen molar-refractivity contribution in [3.05, 3.63) is 234 Å². The van der Waals surface area contributed by atoms with Gasteiger partial charge in [0.1, 0.15) is 47.2 Å². The molecule has 0 saturated heterocycles. The van der Waals surface area contributed by atoms with Crippen LogP contribution in [0.2, 0.25) is 0 Å². The molecule has 3 saturated carbocycles. The fraction of sp³-hybridized carbons (Fsp3) is 0.333. The summed E-state index contributed by atoms with van der Waals surface area (Å²) in [6.07, 6.45) is 10.9. The first-order valence-electron chi connectivity index (χ1n) is 36.5. The number of carbonyl (C=O) groups excluding carboxylic acids is 6. The second-order valence-electron chi connectivity index (χ2n) is 28.2. The van der Waals surface area contributed by atoms with Gasteiger partial charge in [0.25, 0.3) is 17.7 Å². The predicted octanol–water partition coefficient (Wildman–Crippen LogP) is 13.2. The Balaban J connectivity index is 0.000000168. The van der Waals surface area contributed by atoms with Crippen molar-refractivity contribution in [3.8, 4) is 17.1 Å². The standard InChI is InChI=1S/2C27H26F3N5O2.C18H20N4O.C9H7BrF3NO.Na.H/c1-18-15-34(17-31-18)22-10-8-19(9-11-22)24-25(37)35(26(33-24)12-3-2-4-13-26)16-23(36)32-21-7-5-6-20(14-21)27(28,29)30;1-18-15-31-17-34(18)22-10-8-19(9-11-22)24-25(37)35(26(33-24)12-3-2-4-13-26)16-23(36)32-21-7-5-6-20(14-21)27(28,29)30;1-13-11-22(12-19-13)15-7-5-14(6-8-15)16-17(23)21-18(20-16)9-3-2-4-10-18;10-5-8(15)14-7-3-1-2-6(4-7)9(11,12)13;;/h2*5-11,14-15,17H,2-4,12-13,16H2,1H3,(H,32,36);5-8,11-12H,2-4,9-10H2,1H3,(H,21,23);1-4H,5H2,(H,14,15);;/q;;;;+1;-1. The Bertz CT molecular complexity index is 5050. The van der Waals surface area contributed by atoms with Crippen LogP contribution in [-0.4, -0.2) is 126 Å². The zero-order chi connectivity index (χ0) is 79.8. The van der Waals surface area contributed by atoms with Gasteiger partial charge in [-0.1, -0.05) is 89.8 Å². The van der Waals surface area contributed by atoms with Gasteiger partial charge in [0, 0.05) is 75.1 Å². The van der Waals surface area contributed by atoms with Crippen LogP contribution in [0.1, 0.15) is 148 Å². The van der Waals surface area contributed by atoms with Gasteiger partial charge in [0.15, 0.2) is 0 Å². The Kier molecular flexibility index (Phi) is 26.1. The molecule has 0 unspecified atom stereocenters. The van der Waals surface area contributed by atoms with E-state index in [1.807, 2.05) is 120 Å². The molecule has 0 atom stereocenters. The van der Waals surface area contributed by atoms with E-state index in [1.165, 1.54) is 52.6 Å². The van der Waals surface area contributed by atoms with Crippen LogP contribution in [0.25, 0.3) is 17.1 Å². The van der Waals surface area contributed by atoms with E-state index in [4.69, 9.17) is 15.0 Å². The first-order valence-corrected chi connectivity index (χ1v) is 37.6. The van der Waals surface area contributed by atoms with Crippen LogP contribution in [0.15, 0.2) is 198 Å². The number of rotatable bonds is 14. The van der Waals surface area contributed by atoms with Crippen LogP contribution in [0.5, 0.6) is 0 Å². The second-order valence-corrected chi connectivity index (χ2v) is 28.8. The van der Waals surface area contributed by atoms with Crippen molar-refractivity contribution >= 4 is 85.6 Å². The molecule has 3 fully saturated rings. The molecule has 6 aliphatic rings. The average Bonchev–Trinajstić information content (AvgIpc) is 1.60. The number of hydrogen-bond donors (Lipinski definition) is 4. The molecule has 0 radical (unpaired) electrons. The molecular formula is C81H80BrF9N15NaO6. The Morgan fingerprint density at radius 3 is 1.18 bits per heavy atom. The summed E-state index contributed by atoms with van der Waals surface area (Å²) in [5, 5.41) is 10.5. The number of anilines is 3. The molecule has 21 nitrogen and oxygen atoms in total. The van der Waals surface area contributed by atoms with E-state index in [9.17, 15) is 68.3 Å². The molecule has 6 heterocycles. The van der Waals surface area contributed by atoms with Gasteiger partial charge in [-0.05, 0) is 189 Å². The predicted molar refractivity (Wildman–Crippen MR) is 409 cm³/mol. The molecule has 0 bridgehead atoms. The minimum absolute atomic E-state index is 0. The van der Waals surface area contributed by atoms with E-state index in [-0.39, 0.29) is 89.9 Å². The number of carbonyl (C=O) groups is 6. The Hall–Kier alpha value is -10.4. The summed E-state index contributed by atoms with van der Waals surface area (Å²) in [6, 6.07) is 36.1. The minimum Gasteiger partial charge on any atom is -1.00 e. The molecule has 3 aliphatic carbocycles. The van der Waals surface area contributed by atoms with Gasteiger partial charge in [-0.2, -0.15) is 39.5 Å². The molecule has 15 rings (SSSR count). The summed E-state index contributed by atoms with van der Waals surface area (Å²) >= 11 is 2.90. The zero-order valence-electron chi connectivity index (χ0n) is 63.2. The number of alkyl halides is 10. The Labute approximate surface area is 677 Å². The number of halogens is 10. The van der Waals surface area contributed by atoms with E-state index < -0.39 is 64.3 Å². The molecule has 586 valence electrons. The average molecular weight is 1630 g/mol. The van der Waals surface area contributed by atoms with Crippen LogP contribution in [0.4, 0.5) is 56.6 Å². The first kappa shape index (κ1) is 83.6. The van der Waals surface area contributed by atoms with Gasteiger partial charge in [-0.25, -0.2) is 15.0 Å². The van der Waals surface area contributed by atoms with Crippen LogP contribution in [-0.2, 0) is 47.3 Å². The Morgan fingerprint density at radius 2 is 0.832 bits per heavy atom. The fourth-order valence-corrected chi connectivity index (χ4v) is 14.7. The molecular weight excluding hydrogens is 1550 g/mol. The molecule has 32 heteroatoms. The third-order valence-corrected chi connectivity index (χ3v) is 20.6. The summed E-state index contributed by atoms with van der Waals surface area (Å²) < 4.78 is 121. The SMILES string of the molecule is Cc1cn(-c2ccc(C3=NC4(CCCCC4)N(CC(=O)Nc4cccc(C(F)(F)F)c4)C3=O)cc2)cn1.Cc1cn(-c2ccc(C3=NC4(CCCCC4)NC3=O)cc2)cn1.Cc1cncn1-c1ccc(C2=NC3(CCCCC3)N(CC(=O)Nc3cccc(C(F)(F)F)c3)C2=O)cc1.O=C(CBr)Nc1cccc(C(F)(F)F)c1.[H-].[Na+]. The number of amides is 6. The number of aryl methyl sites for hydroxylation is 3. The molecule has 3 aliphatic heterocycles. The van der Waals surface area contributed by atoms with Crippen molar-refractivity contribution in [2.75, 3.05) is 34.4 Å². The van der Waals surface area contributed by atoms with Gasteiger partial charge in [-0.3, -0.25) is 43.7 Å². The van der Waals surface area contributed by atoms with Gasteiger partial charge in [0.05, 0.1) is 52.4 Å². The summed E-state index contributed by atoms with van der Waals surface area (Å²) in [5.41, 5.74) is 4.69.